The number of unbranched alkanes of at least 4 members (excludes halogenated alkanes) is 1. The summed E-state index contributed by atoms with van der Waals surface area (Å²) in [4.78, 5) is 4.48. The van der Waals surface area contributed by atoms with Gasteiger partial charge in [0.2, 0.25) is 0 Å². The molecule has 0 saturated carbocycles. The van der Waals surface area contributed by atoms with Crippen LogP contribution in [-0.2, 0) is 9.47 Å². The van der Waals surface area contributed by atoms with Crippen LogP contribution in [0.15, 0.2) is 17.6 Å². The van der Waals surface area contributed by atoms with Crippen LogP contribution in [0.1, 0.15) is 26.7 Å². The maximum absolute atomic E-state index is 5.50. The molecular formula is C16H34IN3O2S. The Kier molecular flexibility index (Phi) is 24.2. The van der Waals surface area contributed by atoms with Crippen molar-refractivity contribution in [3.63, 3.8) is 0 Å². The monoisotopic (exact) mass is 459 g/mol. The summed E-state index contributed by atoms with van der Waals surface area (Å²) in [6.45, 7) is 13.1. The van der Waals surface area contributed by atoms with Gasteiger partial charge in [0.1, 0.15) is 0 Å². The molecule has 0 aliphatic carbocycles. The van der Waals surface area contributed by atoms with Crippen molar-refractivity contribution in [1.82, 2.24) is 10.6 Å². The summed E-state index contributed by atoms with van der Waals surface area (Å²) < 4.78 is 10.9. The molecule has 7 heteroatoms. The first-order chi connectivity index (χ1) is 10.8. The van der Waals surface area contributed by atoms with Crippen molar-refractivity contribution < 1.29 is 9.47 Å². The van der Waals surface area contributed by atoms with Gasteiger partial charge >= 0.3 is 0 Å². The maximum Gasteiger partial charge on any atom is 0.191 e. The average molecular weight is 459 g/mol. The van der Waals surface area contributed by atoms with Gasteiger partial charge < -0.3 is 20.1 Å². The molecule has 0 fully saturated rings. The predicted octanol–water partition coefficient (Wildman–Crippen LogP) is 2.91. The van der Waals surface area contributed by atoms with E-state index in [0.717, 1.165) is 43.6 Å². The highest BCUT2D eigenvalue weighted by Gasteiger charge is 1.96. The van der Waals surface area contributed by atoms with Gasteiger partial charge in [0, 0.05) is 31.2 Å². The topological polar surface area (TPSA) is 54.9 Å². The standard InChI is InChI=1S/C16H33N3O2S.HI/c1-4-7-10-20-12-13-21-11-8-18-16(17-6-3)19-9-15-22-14-5-2;/h5H,2,4,6-15H2,1,3H3,(H2,17,18,19);1H. The Morgan fingerprint density at radius 2 is 1.87 bits per heavy atom. The molecule has 0 aliphatic rings. The molecule has 0 aromatic carbocycles. The molecule has 0 unspecified atom stereocenters. The molecule has 0 aromatic heterocycles. The normalized spacial score (nSPS) is 11.0. The Morgan fingerprint density at radius 3 is 2.52 bits per heavy atom. The van der Waals surface area contributed by atoms with Gasteiger partial charge in [-0.25, -0.2) is 0 Å². The lowest BCUT2D eigenvalue weighted by molar-refractivity contribution is 0.0497. The molecule has 0 atom stereocenters. The van der Waals surface area contributed by atoms with E-state index in [1.54, 1.807) is 0 Å². The Hall–Kier alpha value is 0.0100. The zero-order valence-corrected chi connectivity index (χ0v) is 17.8. The SMILES string of the molecule is C=CCSCCNC(=NCCOCCOCCCC)NCC.I. The minimum absolute atomic E-state index is 0. The smallest absolute Gasteiger partial charge is 0.191 e. The van der Waals surface area contributed by atoms with Crippen LogP contribution in [0.4, 0.5) is 0 Å². The van der Waals surface area contributed by atoms with Crippen LogP contribution in [0, 0.1) is 0 Å². The van der Waals surface area contributed by atoms with Crippen molar-refractivity contribution in [1.29, 1.82) is 0 Å². The molecule has 0 saturated heterocycles. The minimum Gasteiger partial charge on any atom is -0.379 e. The highest BCUT2D eigenvalue weighted by atomic mass is 127. The third-order valence-electron chi connectivity index (χ3n) is 2.64. The summed E-state index contributed by atoms with van der Waals surface area (Å²) >= 11 is 1.85. The second-order valence-corrected chi connectivity index (χ2v) is 5.78. The lowest BCUT2D eigenvalue weighted by atomic mass is 10.4. The number of thioether (sulfide) groups is 1. The number of nitrogens with zero attached hydrogens (tertiary/aromatic N) is 1. The second kappa shape index (κ2) is 22.0. The van der Waals surface area contributed by atoms with E-state index < -0.39 is 0 Å². The molecule has 0 aliphatic heterocycles. The fourth-order valence-electron chi connectivity index (χ4n) is 1.54. The van der Waals surface area contributed by atoms with E-state index in [0.29, 0.717) is 26.4 Å². The predicted molar refractivity (Wildman–Crippen MR) is 113 cm³/mol. The number of rotatable bonds is 15. The number of ether oxygens (including phenoxy) is 2. The molecule has 2 N–H and O–H groups in total. The minimum atomic E-state index is 0. The summed E-state index contributed by atoms with van der Waals surface area (Å²) in [5, 5.41) is 6.54. The van der Waals surface area contributed by atoms with Gasteiger partial charge in [0.05, 0.1) is 26.4 Å². The molecule has 23 heavy (non-hydrogen) atoms. The third-order valence-corrected chi connectivity index (χ3v) is 3.60. The molecule has 0 bridgehead atoms. The molecule has 0 amide bonds. The zero-order valence-electron chi connectivity index (χ0n) is 14.6. The average Bonchev–Trinajstić information content (AvgIpc) is 2.53. The van der Waals surface area contributed by atoms with Gasteiger partial charge in [-0.3, -0.25) is 4.99 Å². The van der Waals surface area contributed by atoms with E-state index in [9.17, 15) is 0 Å². The molecule has 0 rings (SSSR count). The fraction of sp³-hybridized carbons (Fsp3) is 0.812. The Balaban J connectivity index is 0. The number of halogens is 1. The fourth-order valence-corrected chi connectivity index (χ4v) is 2.12. The highest BCUT2D eigenvalue weighted by Crippen LogP contribution is 1.96. The van der Waals surface area contributed by atoms with Crippen molar-refractivity contribution in [2.75, 3.05) is 57.6 Å². The lowest BCUT2D eigenvalue weighted by Crippen LogP contribution is -2.38. The van der Waals surface area contributed by atoms with Crippen LogP contribution in [0.5, 0.6) is 0 Å². The van der Waals surface area contributed by atoms with Gasteiger partial charge in [0.15, 0.2) is 5.96 Å². The molecule has 0 spiro atoms. The zero-order chi connectivity index (χ0) is 16.3. The van der Waals surface area contributed by atoms with Crippen molar-refractivity contribution >= 4 is 41.7 Å². The number of hydrogen-bond acceptors (Lipinski definition) is 4. The first kappa shape index (κ1) is 25.3. The van der Waals surface area contributed by atoms with E-state index >= 15 is 0 Å². The van der Waals surface area contributed by atoms with E-state index in [-0.39, 0.29) is 24.0 Å². The maximum atomic E-state index is 5.50. The van der Waals surface area contributed by atoms with Crippen LogP contribution in [-0.4, -0.2) is 63.5 Å². The lowest BCUT2D eigenvalue weighted by Gasteiger charge is -2.11. The molecule has 138 valence electrons. The van der Waals surface area contributed by atoms with Crippen LogP contribution in [0.3, 0.4) is 0 Å². The summed E-state index contributed by atoms with van der Waals surface area (Å²) in [5.41, 5.74) is 0. The van der Waals surface area contributed by atoms with Crippen LogP contribution in [0.2, 0.25) is 0 Å². The van der Waals surface area contributed by atoms with Gasteiger partial charge in [-0.15, -0.1) is 30.6 Å². The van der Waals surface area contributed by atoms with E-state index in [1.165, 1.54) is 6.42 Å². The van der Waals surface area contributed by atoms with Gasteiger partial charge in [-0.1, -0.05) is 19.4 Å². The molecule has 0 aromatic rings. The van der Waals surface area contributed by atoms with Crippen LogP contribution in [0.25, 0.3) is 0 Å². The summed E-state index contributed by atoms with van der Waals surface area (Å²) in [7, 11) is 0. The van der Waals surface area contributed by atoms with E-state index in [2.05, 4.69) is 36.1 Å². The van der Waals surface area contributed by atoms with Crippen LogP contribution < -0.4 is 10.6 Å². The van der Waals surface area contributed by atoms with Gasteiger partial charge in [-0.05, 0) is 13.3 Å². The molecule has 5 nitrogen and oxygen atoms in total. The van der Waals surface area contributed by atoms with Gasteiger partial charge in [-0.2, -0.15) is 11.8 Å². The van der Waals surface area contributed by atoms with E-state index in [1.807, 2.05) is 17.8 Å². The Labute approximate surface area is 163 Å². The summed E-state index contributed by atoms with van der Waals surface area (Å²) in [6.07, 6.45) is 4.21. The number of guanidine groups is 1. The molecule has 0 heterocycles. The summed E-state index contributed by atoms with van der Waals surface area (Å²) in [6, 6.07) is 0. The quantitative estimate of drug-likeness (QED) is 0.130. The first-order valence-corrected chi connectivity index (χ1v) is 9.36. The number of aliphatic imine (C=N–C) groups is 1. The highest BCUT2D eigenvalue weighted by molar-refractivity contribution is 14.0. The van der Waals surface area contributed by atoms with Crippen molar-refractivity contribution in [3.05, 3.63) is 12.7 Å². The second-order valence-electron chi connectivity index (χ2n) is 4.63. The first-order valence-electron chi connectivity index (χ1n) is 8.21. The largest absolute Gasteiger partial charge is 0.379 e. The van der Waals surface area contributed by atoms with Crippen molar-refractivity contribution in [2.24, 2.45) is 4.99 Å². The number of hydrogen-bond donors (Lipinski definition) is 2. The van der Waals surface area contributed by atoms with Gasteiger partial charge in [0.25, 0.3) is 0 Å². The Bertz CT molecular complexity index is 282. The van der Waals surface area contributed by atoms with Crippen LogP contribution >= 0.6 is 35.7 Å². The molecule has 0 radical (unpaired) electrons. The van der Waals surface area contributed by atoms with Crippen molar-refractivity contribution in [3.8, 4) is 0 Å². The Morgan fingerprint density at radius 1 is 1.13 bits per heavy atom. The van der Waals surface area contributed by atoms with Crippen molar-refractivity contribution in [2.45, 2.75) is 26.7 Å². The molecular weight excluding hydrogens is 425 g/mol. The van der Waals surface area contributed by atoms with E-state index in [4.69, 9.17) is 9.47 Å². The number of nitrogens with one attached hydrogen (secondary N) is 2. The summed E-state index contributed by atoms with van der Waals surface area (Å²) in [5.74, 6) is 2.88. The third kappa shape index (κ3) is 20.0.